The van der Waals surface area contributed by atoms with Crippen LogP contribution in [0.25, 0.3) is 0 Å². The summed E-state index contributed by atoms with van der Waals surface area (Å²) in [6.07, 6.45) is -0.867. The minimum absolute atomic E-state index is 0.0311. The van der Waals surface area contributed by atoms with Crippen LogP contribution in [0.15, 0.2) is 53.0 Å². The van der Waals surface area contributed by atoms with Crippen LogP contribution in [0.5, 0.6) is 5.75 Å². The van der Waals surface area contributed by atoms with Gasteiger partial charge in [0.25, 0.3) is 0 Å². The molecule has 4 unspecified atom stereocenters. The number of carboxylic acids is 2. The van der Waals surface area contributed by atoms with Gasteiger partial charge in [0, 0.05) is 16.1 Å². The van der Waals surface area contributed by atoms with E-state index in [0.717, 1.165) is 4.90 Å². The first kappa shape index (κ1) is 22.9. The average molecular weight is 517 g/mol. The molecule has 2 heterocycles. The van der Waals surface area contributed by atoms with Crippen LogP contribution in [0, 0.1) is 11.8 Å². The zero-order valence-electron chi connectivity index (χ0n) is 17.5. The summed E-state index contributed by atoms with van der Waals surface area (Å²) in [4.78, 5) is 52.2. The minimum atomic E-state index is -2.16. The Kier molecular flexibility index (Phi) is 5.98. The summed E-state index contributed by atoms with van der Waals surface area (Å²) in [5, 5.41) is 22.5. The number of hydrogen-bond acceptors (Lipinski definition) is 6. The number of likely N-dealkylation sites (tertiary alicyclic amines) is 1. The first-order valence-electron chi connectivity index (χ1n) is 10.1. The third-order valence-electron chi connectivity index (χ3n) is 6.27. The third-order valence-corrected chi connectivity index (χ3v) is 6.76. The summed E-state index contributed by atoms with van der Waals surface area (Å²) in [5.74, 6) is -6.28. The molecule has 33 heavy (non-hydrogen) atoms. The Bertz CT molecular complexity index is 1140. The Hall–Kier alpha value is -3.24. The van der Waals surface area contributed by atoms with Gasteiger partial charge in [-0.2, -0.15) is 0 Å². The van der Waals surface area contributed by atoms with Gasteiger partial charge in [-0.3, -0.25) is 29.4 Å². The van der Waals surface area contributed by atoms with Crippen molar-refractivity contribution in [3.05, 3.63) is 64.1 Å². The van der Waals surface area contributed by atoms with Gasteiger partial charge in [-0.15, -0.1) is 0 Å². The molecule has 2 amide bonds. The molecule has 3 N–H and O–H groups in total. The SMILES string of the molecule is COc1ccc(Br)cc1C1NC(CC(=O)O)(C(=O)O)C2C(=O)N(Cc3ccccc3)C(=O)C12. The second kappa shape index (κ2) is 8.60. The molecule has 10 heteroatoms. The average Bonchev–Trinajstić information content (AvgIpc) is 3.24. The number of ether oxygens (including phenoxy) is 1. The molecule has 172 valence electrons. The molecule has 2 aliphatic rings. The number of imide groups is 1. The number of benzene rings is 2. The summed E-state index contributed by atoms with van der Waals surface area (Å²) in [6.45, 7) is -0.0311. The predicted octanol–water partition coefficient (Wildman–Crippen LogP) is 2.20. The molecular weight excluding hydrogens is 496 g/mol. The van der Waals surface area contributed by atoms with Crippen molar-refractivity contribution in [3.8, 4) is 5.75 Å². The molecule has 9 nitrogen and oxygen atoms in total. The van der Waals surface area contributed by atoms with E-state index in [1.54, 1.807) is 48.5 Å². The molecule has 0 aliphatic carbocycles. The van der Waals surface area contributed by atoms with Gasteiger partial charge in [0.1, 0.15) is 11.3 Å². The highest BCUT2D eigenvalue weighted by molar-refractivity contribution is 9.10. The van der Waals surface area contributed by atoms with E-state index in [1.807, 2.05) is 0 Å². The molecule has 0 saturated carbocycles. The number of halogens is 1. The van der Waals surface area contributed by atoms with Crippen LogP contribution in [-0.2, 0) is 25.7 Å². The standard InChI is InChI=1S/C23H21BrN2O7/c1-33-15-8-7-13(24)9-14(15)19-17-18(23(25-19,22(31)32)10-16(27)28)21(30)26(20(17)29)11-12-5-3-2-4-6-12/h2-9,17-19,25H,10-11H2,1H3,(H,27,28)(H,31,32). The first-order chi connectivity index (χ1) is 15.7. The molecule has 0 aromatic heterocycles. The molecule has 0 spiro atoms. The minimum Gasteiger partial charge on any atom is -0.496 e. The van der Waals surface area contributed by atoms with E-state index in [2.05, 4.69) is 21.2 Å². The second-order valence-electron chi connectivity index (χ2n) is 8.11. The van der Waals surface area contributed by atoms with Crippen LogP contribution < -0.4 is 10.1 Å². The lowest BCUT2D eigenvalue weighted by atomic mass is 9.77. The van der Waals surface area contributed by atoms with Crippen molar-refractivity contribution in [2.45, 2.75) is 24.5 Å². The Labute approximate surface area is 197 Å². The third kappa shape index (κ3) is 3.79. The van der Waals surface area contributed by atoms with Crippen molar-refractivity contribution in [2.75, 3.05) is 7.11 Å². The number of hydrogen-bond donors (Lipinski definition) is 3. The van der Waals surface area contributed by atoms with Gasteiger partial charge >= 0.3 is 11.9 Å². The van der Waals surface area contributed by atoms with E-state index < -0.39 is 53.6 Å². The van der Waals surface area contributed by atoms with Gasteiger partial charge in [-0.25, -0.2) is 0 Å². The van der Waals surface area contributed by atoms with Gasteiger partial charge in [-0.05, 0) is 23.8 Å². The van der Waals surface area contributed by atoms with Crippen molar-refractivity contribution < 1.29 is 34.1 Å². The number of methoxy groups -OCH3 is 1. The van der Waals surface area contributed by atoms with Gasteiger partial charge in [-0.1, -0.05) is 46.3 Å². The maximum Gasteiger partial charge on any atom is 0.325 e. The maximum atomic E-state index is 13.5. The smallest absolute Gasteiger partial charge is 0.325 e. The predicted molar refractivity (Wildman–Crippen MR) is 118 cm³/mol. The van der Waals surface area contributed by atoms with E-state index in [4.69, 9.17) is 4.74 Å². The van der Waals surface area contributed by atoms with E-state index >= 15 is 0 Å². The monoisotopic (exact) mass is 516 g/mol. The Morgan fingerprint density at radius 2 is 1.82 bits per heavy atom. The van der Waals surface area contributed by atoms with Crippen LogP contribution in [0.3, 0.4) is 0 Å². The molecule has 0 bridgehead atoms. The van der Waals surface area contributed by atoms with Crippen LogP contribution in [0.4, 0.5) is 0 Å². The maximum absolute atomic E-state index is 13.5. The highest BCUT2D eigenvalue weighted by Crippen LogP contribution is 2.52. The van der Waals surface area contributed by atoms with Crippen LogP contribution in [0.2, 0.25) is 0 Å². The first-order valence-corrected chi connectivity index (χ1v) is 10.9. The highest BCUT2D eigenvalue weighted by atomic mass is 79.9. The second-order valence-corrected chi connectivity index (χ2v) is 9.02. The summed E-state index contributed by atoms with van der Waals surface area (Å²) in [5.41, 5.74) is -1.01. The van der Waals surface area contributed by atoms with Crippen molar-refractivity contribution in [3.63, 3.8) is 0 Å². The summed E-state index contributed by atoms with van der Waals surface area (Å²) in [6, 6.07) is 12.9. The fourth-order valence-electron chi connectivity index (χ4n) is 4.87. The fraction of sp³-hybridized carbons (Fsp3) is 0.304. The number of amides is 2. The topological polar surface area (TPSA) is 133 Å². The molecule has 4 atom stereocenters. The molecule has 2 aromatic rings. The number of carboxylic acid groups (broad SMARTS) is 2. The van der Waals surface area contributed by atoms with Crippen molar-refractivity contribution in [1.82, 2.24) is 10.2 Å². The Morgan fingerprint density at radius 1 is 1.12 bits per heavy atom. The van der Waals surface area contributed by atoms with Crippen molar-refractivity contribution in [1.29, 1.82) is 0 Å². The van der Waals surface area contributed by atoms with Gasteiger partial charge in [0.2, 0.25) is 11.8 Å². The molecule has 2 aliphatic heterocycles. The largest absolute Gasteiger partial charge is 0.496 e. The zero-order valence-corrected chi connectivity index (χ0v) is 19.1. The Morgan fingerprint density at radius 3 is 2.42 bits per heavy atom. The van der Waals surface area contributed by atoms with Crippen LogP contribution in [0.1, 0.15) is 23.6 Å². The van der Waals surface area contributed by atoms with Crippen LogP contribution >= 0.6 is 15.9 Å². The van der Waals surface area contributed by atoms with E-state index in [1.165, 1.54) is 7.11 Å². The number of carbonyl (C=O) groups excluding carboxylic acids is 2. The van der Waals surface area contributed by atoms with Gasteiger partial charge < -0.3 is 14.9 Å². The van der Waals surface area contributed by atoms with Gasteiger partial charge in [0.05, 0.1) is 31.9 Å². The van der Waals surface area contributed by atoms with E-state index in [9.17, 15) is 29.4 Å². The number of rotatable bonds is 7. The fourth-order valence-corrected chi connectivity index (χ4v) is 5.25. The van der Waals surface area contributed by atoms with Crippen molar-refractivity contribution in [2.24, 2.45) is 11.8 Å². The number of nitrogens with zero attached hydrogens (tertiary/aromatic N) is 1. The summed E-state index contributed by atoms with van der Waals surface area (Å²) >= 11 is 3.37. The lowest BCUT2D eigenvalue weighted by Crippen LogP contribution is -2.56. The van der Waals surface area contributed by atoms with Gasteiger partial charge in [0.15, 0.2) is 0 Å². The zero-order chi connectivity index (χ0) is 23.9. The molecule has 4 rings (SSSR count). The quantitative estimate of drug-likeness (QED) is 0.477. The normalized spacial score (nSPS) is 26.4. The lowest BCUT2D eigenvalue weighted by molar-refractivity contribution is -0.156. The van der Waals surface area contributed by atoms with Crippen LogP contribution in [-0.4, -0.2) is 51.5 Å². The molecular formula is C23H21BrN2O7. The summed E-state index contributed by atoms with van der Waals surface area (Å²) in [7, 11) is 1.43. The van der Waals surface area contributed by atoms with Crippen molar-refractivity contribution >= 4 is 39.7 Å². The highest BCUT2D eigenvalue weighted by Gasteiger charge is 2.69. The molecule has 2 aromatic carbocycles. The van der Waals surface area contributed by atoms with E-state index in [0.29, 0.717) is 21.3 Å². The van der Waals surface area contributed by atoms with E-state index in [-0.39, 0.29) is 6.54 Å². The number of nitrogens with one attached hydrogen (secondary N) is 1. The Balaban J connectivity index is 1.85. The molecule has 2 fully saturated rings. The summed E-state index contributed by atoms with van der Waals surface area (Å²) < 4.78 is 6.07. The molecule has 0 radical (unpaired) electrons. The lowest BCUT2D eigenvalue weighted by Gasteiger charge is -2.30. The number of carbonyl (C=O) groups is 4. The number of aliphatic carboxylic acids is 2. The molecule has 2 saturated heterocycles. The number of fused-ring (bicyclic) bond motifs is 1.